The third kappa shape index (κ3) is 3.43. The Labute approximate surface area is 104 Å². The Kier molecular flexibility index (Phi) is 5.42. The summed E-state index contributed by atoms with van der Waals surface area (Å²) in [5, 5.41) is 0. The van der Waals surface area contributed by atoms with E-state index in [1.54, 1.807) is 6.07 Å². The van der Waals surface area contributed by atoms with Crippen molar-refractivity contribution in [1.29, 1.82) is 0 Å². The van der Waals surface area contributed by atoms with Crippen LogP contribution in [0.2, 0.25) is 0 Å². The maximum atomic E-state index is 13.5. The van der Waals surface area contributed by atoms with E-state index >= 15 is 0 Å². The van der Waals surface area contributed by atoms with Crippen molar-refractivity contribution in [2.75, 3.05) is 32.1 Å². The number of hydrogen-bond donors (Lipinski definition) is 0. The van der Waals surface area contributed by atoms with Crippen LogP contribution in [0.4, 0.5) is 10.1 Å². The number of nitrogens with zero attached hydrogens (tertiary/aromatic N) is 2. The highest BCUT2D eigenvalue weighted by Crippen LogP contribution is 2.23. The highest BCUT2D eigenvalue weighted by Gasteiger charge is 2.24. The number of likely N-dealkylation sites (tertiary alicyclic amines) is 1. The maximum absolute atomic E-state index is 13.5. The molecule has 1 aliphatic rings. The molecule has 0 radical (unpaired) electrons. The molecule has 0 amide bonds. The molecule has 2 nitrogen and oxygen atoms in total. The van der Waals surface area contributed by atoms with Crippen molar-refractivity contribution in [2.45, 2.75) is 26.3 Å². The molecule has 1 unspecified atom stereocenters. The molecule has 0 bridgehead atoms. The van der Waals surface area contributed by atoms with E-state index in [1.807, 2.05) is 33.0 Å². The van der Waals surface area contributed by atoms with Gasteiger partial charge in [0.2, 0.25) is 0 Å². The van der Waals surface area contributed by atoms with E-state index in [9.17, 15) is 4.39 Å². The van der Waals surface area contributed by atoms with Gasteiger partial charge in [0.15, 0.2) is 0 Å². The van der Waals surface area contributed by atoms with E-state index in [1.165, 1.54) is 6.07 Å². The van der Waals surface area contributed by atoms with Crippen LogP contribution < -0.4 is 4.90 Å². The molecule has 1 aromatic rings. The minimum atomic E-state index is -0.130. The first-order valence-electron chi connectivity index (χ1n) is 6.34. The lowest BCUT2D eigenvalue weighted by Crippen LogP contribution is -2.34. The molecule has 3 heteroatoms. The Morgan fingerprint density at radius 1 is 1.29 bits per heavy atom. The molecule has 1 fully saturated rings. The van der Waals surface area contributed by atoms with Crippen LogP contribution in [-0.2, 0) is 0 Å². The second kappa shape index (κ2) is 6.60. The summed E-state index contributed by atoms with van der Waals surface area (Å²) < 4.78 is 13.5. The summed E-state index contributed by atoms with van der Waals surface area (Å²) in [5.74, 6) is -0.130. The third-order valence-corrected chi connectivity index (χ3v) is 3.15. The summed E-state index contributed by atoms with van der Waals surface area (Å²) in [6, 6.07) is 7.41. The lowest BCUT2D eigenvalue weighted by atomic mass is 10.2. The van der Waals surface area contributed by atoms with E-state index in [-0.39, 0.29) is 5.82 Å². The van der Waals surface area contributed by atoms with E-state index in [0.29, 0.717) is 11.7 Å². The first kappa shape index (κ1) is 14.0. The average Bonchev–Trinajstić information content (AvgIpc) is 2.78. The highest BCUT2D eigenvalue weighted by molar-refractivity contribution is 5.48. The molecule has 2 rings (SSSR count). The smallest absolute Gasteiger partial charge is 0.146 e. The van der Waals surface area contributed by atoms with Crippen LogP contribution in [0.15, 0.2) is 24.3 Å². The normalized spacial score (nSPS) is 19.7. The van der Waals surface area contributed by atoms with Crippen molar-refractivity contribution >= 4 is 5.69 Å². The van der Waals surface area contributed by atoms with Crippen molar-refractivity contribution in [2.24, 2.45) is 0 Å². The summed E-state index contributed by atoms with van der Waals surface area (Å²) in [5.41, 5.74) is 0.706. The van der Waals surface area contributed by atoms with Crippen LogP contribution in [0, 0.1) is 5.82 Å². The van der Waals surface area contributed by atoms with E-state index in [2.05, 4.69) is 16.8 Å². The lowest BCUT2D eigenvalue weighted by Gasteiger charge is -2.26. The van der Waals surface area contributed by atoms with Gasteiger partial charge in [0, 0.05) is 19.6 Å². The first-order chi connectivity index (χ1) is 8.18. The number of benzene rings is 1. The molecular formula is C14H23FN2. The highest BCUT2D eigenvalue weighted by atomic mass is 19.1. The fourth-order valence-electron chi connectivity index (χ4n) is 2.16. The van der Waals surface area contributed by atoms with E-state index < -0.39 is 0 Å². The van der Waals surface area contributed by atoms with Crippen LogP contribution in [0.1, 0.15) is 20.3 Å². The van der Waals surface area contributed by atoms with Crippen molar-refractivity contribution in [3.05, 3.63) is 30.1 Å². The summed E-state index contributed by atoms with van der Waals surface area (Å²) in [7, 11) is 4.08. The SMILES string of the molecule is CC.CN1CCC(N(C)c2ccccc2F)C1. The minimum Gasteiger partial charge on any atom is -0.368 e. The molecular weight excluding hydrogens is 215 g/mol. The lowest BCUT2D eigenvalue weighted by molar-refractivity contribution is 0.409. The standard InChI is InChI=1S/C12H17FN2.C2H6/c1-14-8-7-10(9-14)15(2)12-6-4-3-5-11(12)13;1-2/h3-6,10H,7-9H2,1-2H3;1-2H3. The fourth-order valence-corrected chi connectivity index (χ4v) is 2.16. The zero-order valence-electron chi connectivity index (χ0n) is 11.3. The van der Waals surface area contributed by atoms with Crippen molar-refractivity contribution in [3.8, 4) is 0 Å². The summed E-state index contributed by atoms with van der Waals surface area (Å²) >= 11 is 0. The molecule has 0 spiro atoms. The number of halogens is 1. The van der Waals surface area contributed by atoms with Crippen LogP contribution in [0.5, 0.6) is 0 Å². The summed E-state index contributed by atoms with van der Waals surface area (Å²) in [6.07, 6.45) is 1.11. The van der Waals surface area contributed by atoms with Gasteiger partial charge in [-0.05, 0) is 32.1 Å². The number of hydrogen-bond acceptors (Lipinski definition) is 2. The van der Waals surface area contributed by atoms with Gasteiger partial charge in [-0.25, -0.2) is 4.39 Å². The molecule has 0 saturated carbocycles. The molecule has 0 aliphatic carbocycles. The predicted molar refractivity (Wildman–Crippen MR) is 72.1 cm³/mol. The van der Waals surface area contributed by atoms with Crippen molar-refractivity contribution in [1.82, 2.24) is 4.90 Å². The van der Waals surface area contributed by atoms with E-state index in [4.69, 9.17) is 0 Å². The van der Waals surface area contributed by atoms with Gasteiger partial charge in [-0.3, -0.25) is 0 Å². The number of anilines is 1. The Hall–Kier alpha value is -1.09. The quantitative estimate of drug-likeness (QED) is 0.781. The average molecular weight is 238 g/mol. The van der Waals surface area contributed by atoms with Crippen LogP contribution in [0.3, 0.4) is 0 Å². The van der Waals surface area contributed by atoms with Gasteiger partial charge in [-0.2, -0.15) is 0 Å². The molecule has 1 aromatic carbocycles. The molecule has 17 heavy (non-hydrogen) atoms. The second-order valence-corrected chi connectivity index (χ2v) is 4.27. The predicted octanol–water partition coefficient (Wildman–Crippen LogP) is 2.99. The molecule has 0 N–H and O–H groups in total. The van der Waals surface area contributed by atoms with E-state index in [0.717, 1.165) is 19.5 Å². The monoisotopic (exact) mass is 238 g/mol. The Morgan fingerprint density at radius 2 is 1.94 bits per heavy atom. The molecule has 1 saturated heterocycles. The summed E-state index contributed by atoms with van der Waals surface area (Å²) in [6.45, 7) is 6.12. The van der Waals surface area contributed by atoms with Gasteiger partial charge < -0.3 is 9.80 Å². The summed E-state index contributed by atoms with van der Waals surface area (Å²) in [4.78, 5) is 4.33. The number of rotatable bonds is 2. The van der Waals surface area contributed by atoms with Gasteiger partial charge in [-0.15, -0.1) is 0 Å². The van der Waals surface area contributed by atoms with Crippen LogP contribution >= 0.6 is 0 Å². The Balaban J connectivity index is 0.000000686. The van der Waals surface area contributed by atoms with Gasteiger partial charge >= 0.3 is 0 Å². The largest absolute Gasteiger partial charge is 0.368 e. The third-order valence-electron chi connectivity index (χ3n) is 3.15. The number of likely N-dealkylation sites (N-methyl/N-ethyl adjacent to an activating group) is 2. The van der Waals surface area contributed by atoms with Gasteiger partial charge in [0.25, 0.3) is 0 Å². The van der Waals surface area contributed by atoms with Crippen LogP contribution in [-0.4, -0.2) is 38.1 Å². The van der Waals surface area contributed by atoms with Crippen LogP contribution in [0.25, 0.3) is 0 Å². The van der Waals surface area contributed by atoms with Gasteiger partial charge in [-0.1, -0.05) is 26.0 Å². The second-order valence-electron chi connectivity index (χ2n) is 4.27. The molecule has 1 atom stereocenters. The molecule has 1 aliphatic heterocycles. The van der Waals surface area contributed by atoms with Gasteiger partial charge in [0.1, 0.15) is 5.82 Å². The minimum absolute atomic E-state index is 0.130. The Bertz CT molecular complexity index is 341. The van der Waals surface area contributed by atoms with Crippen molar-refractivity contribution in [3.63, 3.8) is 0 Å². The molecule has 1 heterocycles. The fraction of sp³-hybridized carbons (Fsp3) is 0.571. The zero-order chi connectivity index (χ0) is 12.8. The molecule has 0 aromatic heterocycles. The zero-order valence-corrected chi connectivity index (χ0v) is 11.3. The van der Waals surface area contributed by atoms with Crippen molar-refractivity contribution < 1.29 is 4.39 Å². The molecule has 96 valence electrons. The Morgan fingerprint density at radius 3 is 2.47 bits per heavy atom. The topological polar surface area (TPSA) is 6.48 Å². The first-order valence-corrected chi connectivity index (χ1v) is 6.34. The number of para-hydroxylation sites is 1. The van der Waals surface area contributed by atoms with Gasteiger partial charge in [0.05, 0.1) is 5.69 Å². The maximum Gasteiger partial charge on any atom is 0.146 e.